The van der Waals surface area contributed by atoms with Gasteiger partial charge in [0.15, 0.2) is 11.6 Å². The van der Waals surface area contributed by atoms with Gasteiger partial charge in [-0.3, -0.25) is 4.79 Å². The molecule has 5 N–H and O–H groups in total. The first-order chi connectivity index (χ1) is 37.3. The Morgan fingerprint density at radius 2 is 1.53 bits per heavy atom. The monoisotopic (exact) mass is 1060 g/mol. The topological polar surface area (TPSA) is 208 Å². The number of nitrogens with one attached hydrogen (secondary N) is 1. The van der Waals surface area contributed by atoms with Crippen molar-refractivity contribution in [3.8, 4) is 28.1 Å². The van der Waals surface area contributed by atoms with Crippen molar-refractivity contribution in [3.05, 3.63) is 125 Å². The van der Waals surface area contributed by atoms with E-state index in [1.54, 1.807) is 35.2 Å². The maximum Gasteiger partial charge on any atom is 0.234 e. The van der Waals surface area contributed by atoms with E-state index in [1.165, 1.54) is 11.6 Å². The van der Waals surface area contributed by atoms with Crippen LogP contribution in [0.4, 0.5) is 21.8 Å². The number of benzene rings is 3. The molecule has 6 atom stereocenters. The van der Waals surface area contributed by atoms with Crippen molar-refractivity contribution in [3.63, 3.8) is 0 Å². The minimum atomic E-state index is -1.12. The normalized spacial score (nSPS) is 26.3. The second-order valence-corrected chi connectivity index (χ2v) is 22.8. The quantitative estimate of drug-likeness (QED) is 0.0902. The standard InChI is InChI=1S/C58H66ClFN12O5/c1-33(2)50(56(75)71-32-42(73)26-48(71)55-64-58(3,77-68-55)38-16-12-35(13-17-38)43-8-4-6-10-45(43)60)53-51(59)52(67-76-53)36-14-18-39(19-15-36)69-24-22-34(23-25-69)37-28-62-57(63-29-37)72-40-20-21-41(72)31-70(30-40)47-27-46(65-66-54(47)61)44-9-5-7-11-49(44)74/h4-13,16-17,27-29,33-34,36,39-42,48,50,73-74H,14-15,18-26,30-32H2,1-3H3,(H2,61,66)(H,64,68)/t36?,39?,40?,41?,42-,48+,50-,58-/m1/s1. The van der Waals surface area contributed by atoms with Crippen molar-refractivity contribution >= 4 is 40.8 Å². The number of rotatable bonds is 12. The minimum Gasteiger partial charge on any atom is -0.507 e. The molecule has 0 radical (unpaired) electrons. The largest absolute Gasteiger partial charge is 0.507 e. The Kier molecular flexibility index (Phi) is 13.9. The van der Waals surface area contributed by atoms with E-state index in [9.17, 15) is 19.4 Å². The molecule has 2 unspecified atom stereocenters. The van der Waals surface area contributed by atoms with Crippen molar-refractivity contribution in [1.82, 2.24) is 40.6 Å². The number of aliphatic imine (C=N–C) groups is 1. The number of β-amino-alcohol motifs (C(OH)–C–C–N with tert-alkyl or cyclic N) is 1. The zero-order chi connectivity index (χ0) is 53.1. The number of piperidine rings is 1. The molecule has 5 aliphatic heterocycles. The fourth-order valence-corrected chi connectivity index (χ4v) is 13.5. The summed E-state index contributed by atoms with van der Waals surface area (Å²) < 4.78 is 20.6. The van der Waals surface area contributed by atoms with Gasteiger partial charge in [-0.1, -0.05) is 85.2 Å². The van der Waals surface area contributed by atoms with Crippen LogP contribution in [0, 0.1) is 11.7 Å². The van der Waals surface area contributed by atoms with Gasteiger partial charge in [0.1, 0.15) is 34.0 Å². The lowest BCUT2D eigenvalue weighted by atomic mass is 9.81. The number of phenols is 1. The van der Waals surface area contributed by atoms with E-state index in [-0.39, 0.29) is 54.4 Å². The van der Waals surface area contributed by atoms with Gasteiger partial charge in [-0.2, -0.15) is 0 Å². The first kappa shape index (κ1) is 51.1. The third kappa shape index (κ3) is 9.75. The van der Waals surface area contributed by atoms with Gasteiger partial charge in [0.2, 0.25) is 17.6 Å². The van der Waals surface area contributed by atoms with Crippen LogP contribution in [0.15, 0.2) is 101 Å². The highest BCUT2D eigenvalue weighted by atomic mass is 35.5. The number of nitrogen functional groups attached to an aromatic ring is 1. The summed E-state index contributed by atoms with van der Waals surface area (Å²) in [7, 11) is 0. The average Bonchev–Trinajstić information content (AvgIpc) is 4.22. The molecule has 17 nitrogen and oxygen atoms in total. The van der Waals surface area contributed by atoms with Crippen LogP contribution in [-0.4, -0.2) is 120 Å². The lowest BCUT2D eigenvalue weighted by Crippen LogP contribution is -2.54. The summed E-state index contributed by atoms with van der Waals surface area (Å²) in [5.74, 6) is 1.21. The number of fused-ring (bicyclic) bond motifs is 2. The number of aliphatic hydroxyl groups is 1. The molecule has 5 fully saturated rings. The molecule has 8 heterocycles. The zero-order valence-electron chi connectivity index (χ0n) is 43.7. The van der Waals surface area contributed by atoms with Crippen LogP contribution in [0.1, 0.15) is 119 Å². The number of likely N-dealkylation sites (tertiary alicyclic amines) is 2. The van der Waals surface area contributed by atoms with E-state index < -0.39 is 23.8 Å². The first-order valence-corrected chi connectivity index (χ1v) is 27.7. The van der Waals surface area contributed by atoms with E-state index in [2.05, 4.69) is 47.9 Å². The first-order valence-electron chi connectivity index (χ1n) is 27.3. The van der Waals surface area contributed by atoms with E-state index in [4.69, 9.17) is 41.7 Å². The molecule has 6 aliphatic rings. The molecule has 0 spiro atoms. The fourth-order valence-electron chi connectivity index (χ4n) is 13.2. The number of nitrogens with two attached hydrogens (primary N) is 1. The van der Waals surface area contributed by atoms with E-state index in [0.717, 1.165) is 106 Å². The number of aromatic hydroxyl groups is 1. The summed E-state index contributed by atoms with van der Waals surface area (Å²) >= 11 is 7.20. The minimum absolute atomic E-state index is 0.119. The molecule has 1 aliphatic carbocycles. The Morgan fingerprint density at radius 3 is 2.22 bits per heavy atom. The molecule has 12 rings (SSSR count). The molecule has 3 aromatic heterocycles. The number of anilines is 3. The Balaban J connectivity index is 0.641. The number of carbonyl (C=O) groups excluding carboxylic acids is 1. The maximum atomic E-state index is 14.7. The van der Waals surface area contributed by atoms with Gasteiger partial charge in [-0.05, 0) is 119 Å². The van der Waals surface area contributed by atoms with Crippen LogP contribution in [0.5, 0.6) is 5.75 Å². The molecule has 2 bridgehead atoms. The third-order valence-electron chi connectivity index (χ3n) is 17.4. The number of amidine groups is 1. The summed E-state index contributed by atoms with van der Waals surface area (Å²) in [6, 6.07) is 23.5. The number of hydroxylamine groups is 1. The third-order valence-corrected chi connectivity index (χ3v) is 17.7. The molecule has 6 aromatic rings. The highest BCUT2D eigenvalue weighted by Crippen LogP contribution is 2.45. The van der Waals surface area contributed by atoms with E-state index in [0.29, 0.717) is 51.2 Å². The van der Waals surface area contributed by atoms with Crippen LogP contribution in [0.2, 0.25) is 5.02 Å². The summed E-state index contributed by atoms with van der Waals surface area (Å²) in [5, 5.41) is 35.0. The SMILES string of the molecule is CC(C)[C@@H](C(=O)N1C[C@H](O)C[C@H]1C1=N[C@@](C)(c2ccc(-c3ccccc3F)cc2)ON1)c1onc(C2CCC(N3CCC(c4cnc(N5C6CCC5CN(c5cc(-c7ccccc7O)nnc5N)C6)nc4)CC3)CC2)c1Cl. The summed E-state index contributed by atoms with van der Waals surface area (Å²) in [4.78, 5) is 44.7. The Labute approximate surface area is 452 Å². The molecular weight excluding hydrogens is 999 g/mol. The Hall–Kier alpha value is -6.73. The second-order valence-electron chi connectivity index (χ2n) is 22.5. The van der Waals surface area contributed by atoms with Crippen molar-refractivity contribution in [2.75, 3.05) is 48.3 Å². The molecule has 1 saturated carbocycles. The van der Waals surface area contributed by atoms with Crippen LogP contribution in [0.3, 0.4) is 0 Å². The van der Waals surface area contributed by atoms with Crippen LogP contribution in [0.25, 0.3) is 22.4 Å². The fraction of sp³-hybridized carbons (Fsp3) is 0.466. The highest BCUT2D eigenvalue weighted by Gasteiger charge is 2.47. The van der Waals surface area contributed by atoms with Gasteiger partial charge in [0.05, 0.1) is 23.5 Å². The number of amides is 1. The van der Waals surface area contributed by atoms with Crippen molar-refractivity contribution < 1.29 is 28.8 Å². The van der Waals surface area contributed by atoms with Crippen molar-refractivity contribution in [2.45, 2.75) is 132 Å². The zero-order valence-corrected chi connectivity index (χ0v) is 44.4. The Morgan fingerprint density at radius 1 is 0.857 bits per heavy atom. The number of para-hydroxylation sites is 1. The van der Waals surface area contributed by atoms with E-state index in [1.807, 2.05) is 63.2 Å². The second kappa shape index (κ2) is 20.9. The molecule has 19 heteroatoms. The molecule has 1 amide bonds. The Bertz CT molecular complexity index is 3130. The number of nitrogens with zero attached hydrogens (tertiary/aromatic N) is 10. The van der Waals surface area contributed by atoms with Crippen LogP contribution < -0.4 is 21.0 Å². The van der Waals surface area contributed by atoms with Gasteiger partial charge < -0.3 is 40.1 Å². The van der Waals surface area contributed by atoms with Crippen LogP contribution in [-0.2, 0) is 15.4 Å². The molecule has 3 aromatic carbocycles. The average molecular weight is 1070 g/mol. The lowest BCUT2D eigenvalue weighted by Gasteiger charge is -2.42. The summed E-state index contributed by atoms with van der Waals surface area (Å²) in [5.41, 5.74) is 14.2. The maximum absolute atomic E-state index is 14.7. The summed E-state index contributed by atoms with van der Waals surface area (Å²) in [6.07, 6.45) is 11.7. The van der Waals surface area contributed by atoms with Gasteiger partial charge >= 0.3 is 0 Å². The van der Waals surface area contributed by atoms with Crippen molar-refractivity contribution in [2.24, 2.45) is 10.9 Å². The number of aromatic nitrogens is 5. The predicted octanol–water partition coefficient (Wildman–Crippen LogP) is 8.94. The van der Waals surface area contributed by atoms with Gasteiger partial charge in [-0.25, -0.2) is 29.7 Å². The molecule has 4 saturated heterocycles. The lowest BCUT2D eigenvalue weighted by molar-refractivity contribution is -0.134. The molecule has 77 heavy (non-hydrogen) atoms. The van der Waals surface area contributed by atoms with Crippen molar-refractivity contribution in [1.29, 1.82) is 0 Å². The number of halogens is 2. The van der Waals surface area contributed by atoms with Gasteiger partial charge in [0, 0.05) is 79.2 Å². The van der Waals surface area contributed by atoms with Gasteiger partial charge in [-0.15, -0.1) is 10.2 Å². The van der Waals surface area contributed by atoms with Crippen LogP contribution >= 0.6 is 11.6 Å². The molecular formula is C58H66ClFN12O5. The summed E-state index contributed by atoms with van der Waals surface area (Å²) in [6.45, 7) is 9.46. The number of aliphatic hydroxyl groups excluding tert-OH is 1. The highest BCUT2D eigenvalue weighted by molar-refractivity contribution is 6.32. The number of carbonyl (C=O) groups is 1. The molecule has 402 valence electrons. The number of phenolic OH excluding ortho intramolecular Hbond substituents is 1. The smallest absolute Gasteiger partial charge is 0.234 e. The number of hydrogen-bond donors (Lipinski definition) is 4. The number of hydrogen-bond acceptors (Lipinski definition) is 16. The van der Waals surface area contributed by atoms with Gasteiger partial charge in [0.25, 0.3) is 0 Å². The predicted molar refractivity (Wildman–Crippen MR) is 292 cm³/mol. The van der Waals surface area contributed by atoms with E-state index >= 15 is 0 Å². The number of piperazine rings is 1.